The van der Waals surface area contributed by atoms with E-state index in [0.717, 1.165) is 43.7 Å². The van der Waals surface area contributed by atoms with Crippen molar-refractivity contribution in [2.24, 2.45) is 5.73 Å². The van der Waals surface area contributed by atoms with Gasteiger partial charge in [0.25, 0.3) is 5.91 Å². The number of carbonyl (C=O) groups excluding carboxylic acids is 1. The van der Waals surface area contributed by atoms with E-state index in [9.17, 15) is 4.79 Å². The van der Waals surface area contributed by atoms with Gasteiger partial charge in [-0.3, -0.25) is 4.79 Å². The fourth-order valence-corrected chi connectivity index (χ4v) is 2.43. The molecule has 1 fully saturated rings. The monoisotopic (exact) mass is 276 g/mol. The molecule has 0 spiro atoms. The number of benzene rings is 1. The first kappa shape index (κ1) is 14.9. The molecule has 0 radical (unpaired) electrons. The topological polar surface area (TPSA) is 55.6 Å². The van der Waals surface area contributed by atoms with E-state index < -0.39 is 0 Å². The van der Waals surface area contributed by atoms with E-state index in [0.29, 0.717) is 0 Å². The summed E-state index contributed by atoms with van der Waals surface area (Å²) in [5.74, 6) is 0.807. The van der Waals surface area contributed by atoms with E-state index in [4.69, 9.17) is 10.5 Å². The number of amides is 1. The Labute approximate surface area is 120 Å². The van der Waals surface area contributed by atoms with E-state index in [2.05, 4.69) is 6.92 Å². The number of carbonyl (C=O) groups is 1. The summed E-state index contributed by atoms with van der Waals surface area (Å²) in [6, 6.07) is 7.77. The van der Waals surface area contributed by atoms with Crippen LogP contribution in [0.25, 0.3) is 0 Å². The van der Waals surface area contributed by atoms with Crippen molar-refractivity contribution in [3.8, 4) is 5.75 Å². The minimum absolute atomic E-state index is 0.0685. The van der Waals surface area contributed by atoms with Crippen LogP contribution in [0.5, 0.6) is 5.75 Å². The molecule has 20 heavy (non-hydrogen) atoms. The number of ether oxygens (including phenoxy) is 1. The number of likely N-dealkylation sites (tertiary alicyclic amines) is 1. The van der Waals surface area contributed by atoms with Gasteiger partial charge in [-0.15, -0.1) is 0 Å². The molecule has 2 rings (SSSR count). The highest BCUT2D eigenvalue weighted by molar-refractivity contribution is 5.77. The standard InChI is InChI=1S/C16H24N2O2/c1-2-15(17)13-6-8-14(9-7-13)20-12-16(19)18-10-4-3-5-11-18/h6-9,15H,2-5,10-12,17H2,1H3/t15-/m0/s1. The predicted octanol–water partition coefficient (Wildman–Crippen LogP) is 2.49. The third kappa shape index (κ3) is 3.97. The van der Waals surface area contributed by atoms with Gasteiger partial charge in [0.2, 0.25) is 0 Å². The van der Waals surface area contributed by atoms with Gasteiger partial charge >= 0.3 is 0 Å². The van der Waals surface area contributed by atoms with E-state index in [1.54, 1.807) is 0 Å². The molecule has 2 N–H and O–H groups in total. The lowest BCUT2D eigenvalue weighted by Gasteiger charge is -2.26. The van der Waals surface area contributed by atoms with Gasteiger partial charge in [0, 0.05) is 19.1 Å². The van der Waals surface area contributed by atoms with Crippen molar-refractivity contribution in [2.45, 2.75) is 38.6 Å². The summed E-state index contributed by atoms with van der Waals surface area (Å²) in [7, 11) is 0. The predicted molar refractivity (Wildman–Crippen MR) is 79.6 cm³/mol. The molecule has 1 amide bonds. The average molecular weight is 276 g/mol. The molecular formula is C16H24N2O2. The zero-order chi connectivity index (χ0) is 14.4. The van der Waals surface area contributed by atoms with E-state index >= 15 is 0 Å². The molecule has 110 valence electrons. The van der Waals surface area contributed by atoms with Crippen molar-refractivity contribution in [3.05, 3.63) is 29.8 Å². The molecule has 0 aromatic heterocycles. The molecule has 1 aliphatic rings. The lowest BCUT2D eigenvalue weighted by atomic mass is 10.1. The molecule has 1 aliphatic heterocycles. The fourth-order valence-electron chi connectivity index (χ4n) is 2.43. The van der Waals surface area contributed by atoms with Crippen molar-refractivity contribution in [2.75, 3.05) is 19.7 Å². The maximum Gasteiger partial charge on any atom is 0.260 e. The highest BCUT2D eigenvalue weighted by Crippen LogP contribution is 2.18. The second kappa shape index (κ2) is 7.29. The van der Waals surface area contributed by atoms with Crippen LogP contribution in [-0.4, -0.2) is 30.5 Å². The molecule has 4 heteroatoms. The van der Waals surface area contributed by atoms with Gasteiger partial charge in [0.05, 0.1) is 0 Å². The average Bonchev–Trinajstić information content (AvgIpc) is 2.53. The van der Waals surface area contributed by atoms with Crippen molar-refractivity contribution in [1.82, 2.24) is 4.90 Å². The minimum atomic E-state index is 0.0685. The van der Waals surface area contributed by atoms with Crippen LogP contribution in [0.1, 0.15) is 44.2 Å². The molecule has 0 unspecified atom stereocenters. The second-order valence-corrected chi connectivity index (χ2v) is 5.31. The van der Waals surface area contributed by atoms with Crippen LogP contribution in [-0.2, 0) is 4.79 Å². The van der Waals surface area contributed by atoms with Crippen LogP contribution in [0.15, 0.2) is 24.3 Å². The smallest absolute Gasteiger partial charge is 0.260 e. The van der Waals surface area contributed by atoms with Crippen molar-refractivity contribution < 1.29 is 9.53 Å². The summed E-state index contributed by atoms with van der Waals surface area (Å²) >= 11 is 0. The van der Waals surface area contributed by atoms with Gasteiger partial charge in [-0.05, 0) is 43.4 Å². The van der Waals surface area contributed by atoms with Gasteiger partial charge in [0.15, 0.2) is 6.61 Å². The zero-order valence-electron chi connectivity index (χ0n) is 12.2. The number of rotatable bonds is 5. The van der Waals surface area contributed by atoms with Gasteiger partial charge in [-0.2, -0.15) is 0 Å². The Hall–Kier alpha value is -1.55. The quantitative estimate of drug-likeness (QED) is 0.899. The molecule has 1 saturated heterocycles. The van der Waals surface area contributed by atoms with Crippen molar-refractivity contribution in [1.29, 1.82) is 0 Å². The molecule has 4 nitrogen and oxygen atoms in total. The number of piperidine rings is 1. The van der Waals surface area contributed by atoms with Gasteiger partial charge in [-0.25, -0.2) is 0 Å². The number of nitrogens with zero attached hydrogens (tertiary/aromatic N) is 1. The van der Waals surface area contributed by atoms with Crippen LogP contribution in [0.2, 0.25) is 0 Å². The molecule has 1 aromatic carbocycles. The normalized spacial score (nSPS) is 16.8. The summed E-state index contributed by atoms with van der Waals surface area (Å²) in [4.78, 5) is 13.9. The van der Waals surface area contributed by atoms with Crippen LogP contribution >= 0.6 is 0 Å². The fraction of sp³-hybridized carbons (Fsp3) is 0.562. The summed E-state index contributed by atoms with van der Waals surface area (Å²) < 4.78 is 5.56. The van der Waals surface area contributed by atoms with Crippen molar-refractivity contribution in [3.63, 3.8) is 0 Å². The Morgan fingerprint density at radius 3 is 2.50 bits per heavy atom. The zero-order valence-corrected chi connectivity index (χ0v) is 12.2. The lowest BCUT2D eigenvalue weighted by Crippen LogP contribution is -2.38. The number of nitrogens with two attached hydrogens (primary N) is 1. The first-order valence-corrected chi connectivity index (χ1v) is 7.47. The first-order chi connectivity index (χ1) is 9.70. The summed E-state index contributed by atoms with van der Waals surface area (Å²) in [5, 5.41) is 0. The Bertz CT molecular complexity index is 425. The molecule has 1 aromatic rings. The maximum absolute atomic E-state index is 12.0. The van der Waals surface area contributed by atoms with Crippen LogP contribution in [0, 0.1) is 0 Å². The number of hydrogen-bond acceptors (Lipinski definition) is 3. The van der Waals surface area contributed by atoms with Gasteiger partial charge < -0.3 is 15.4 Å². The summed E-state index contributed by atoms with van der Waals surface area (Å²) in [6.45, 7) is 3.92. The van der Waals surface area contributed by atoms with Crippen molar-refractivity contribution >= 4 is 5.91 Å². The molecule has 0 aliphatic carbocycles. The Kier molecular flexibility index (Phi) is 5.41. The molecule has 0 saturated carbocycles. The van der Waals surface area contributed by atoms with E-state index in [1.165, 1.54) is 6.42 Å². The largest absolute Gasteiger partial charge is 0.484 e. The Morgan fingerprint density at radius 2 is 1.90 bits per heavy atom. The van der Waals surface area contributed by atoms with E-state index in [1.807, 2.05) is 29.2 Å². The third-order valence-electron chi connectivity index (χ3n) is 3.82. The third-order valence-corrected chi connectivity index (χ3v) is 3.82. The van der Waals surface area contributed by atoms with Crippen LogP contribution in [0.3, 0.4) is 0 Å². The Balaban J connectivity index is 1.82. The SMILES string of the molecule is CC[C@H](N)c1ccc(OCC(=O)N2CCCCC2)cc1. The molecule has 1 atom stereocenters. The van der Waals surface area contributed by atoms with Gasteiger partial charge in [0.1, 0.15) is 5.75 Å². The Morgan fingerprint density at radius 1 is 1.25 bits per heavy atom. The second-order valence-electron chi connectivity index (χ2n) is 5.31. The first-order valence-electron chi connectivity index (χ1n) is 7.47. The highest BCUT2D eigenvalue weighted by Gasteiger charge is 2.16. The summed E-state index contributed by atoms with van der Waals surface area (Å²) in [6.07, 6.45) is 4.35. The number of hydrogen-bond donors (Lipinski definition) is 1. The highest BCUT2D eigenvalue weighted by atomic mass is 16.5. The molecule has 1 heterocycles. The lowest BCUT2D eigenvalue weighted by molar-refractivity contribution is -0.134. The maximum atomic E-state index is 12.0. The molecule has 0 bridgehead atoms. The van der Waals surface area contributed by atoms with Crippen LogP contribution in [0.4, 0.5) is 0 Å². The van der Waals surface area contributed by atoms with E-state index in [-0.39, 0.29) is 18.6 Å². The minimum Gasteiger partial charge on any atom is -0.484 e. The molecular weight excluding hydrogens is 252 g/mol. The summed E-state index contributed by atoms with van der Waals surface area (Å²) in [5.41, 5.74) is 7.06. The van der Waals surface area contributed by atoms with Crippen LogP contribution < -0.4 is 10.5 Å². The van der Waals surface area contributed by atoms with Gasteiger partial charge in [-0.1, -0.05) is 19.1 Å².